The third-order valence-corrected chi connectivity index (χ3v) is 3.74. The van der Waals surface area contributed by atoms with Crippen LogP contribution in [0.15, 0.2) is 24.3 Å². The lowest BCUT2D eigenvalue weighted by Gasteiger charge is -2.13. The normalized spacial score (nSPS) is 12.4. The third-order valence-electron chi connectivity index (χ3n) is 3.01. The van der Waals surface area contributed by atoms with Crippen LogP contribution in [0.25, 0.3) is 0 Å². The van der Waals surface area contributed by atoms with Gasteiger partial charge >= 0.3 is 0 Å². The van der Waals surface area contributed by atoms with Crippen molar-refractivity contribution in [2.24, 2.45) is 12.8 Å². The molecule has 2 rings (SSSR count). The van der Waals surface area contributed by atoms with Gasteiger partial charge in [0.15, 0.2) is 0 Å². The monoisotopic (exact) mass is 313 g/mol. The molecule has 1 aromatic carbocycles. The predicted molar refractivity (Wildman–Crippen MR) is 81.6 cm³/mol. The van der Waals surface area contributed by atoms with Crippen molar-refractivity contribution in [2.45, 2.75) is 19.4 Å². The van der Waals surface area contributed by atoms with E-state index in [0.29, 0.717) is 23.2 Å². The van der Waals surface area contributed by atoms with E-state index in [1.165, 1.54) is 0 Å². The number of aryl methyl sites for hydroxylation is 2. The van der Waals surface area contributed by atoms with E-state index in [1.807, 2.05) is 26.1 Å². The highest BCUT2D eigenvalue weighted by atomic mass is 35.5. The highest BCUT2D eigenvalue weighted by Gasteiger charge is 2.15. The van der Waals surface area contributed by atoms with E-state index < -0.39 is 0 Å². The molecule has 1 atom stereocenters. The maximum absolute atomic E-state index is 6.18. The van der Waals surface area contributed by atoms with Crippen molar-refractivity contribution < 1.29 is 4.74 Å². The number of halogens is 2. The molecule has 20 heavy (non-hydrogen) atoms. The van der Waals surface area contributed by atoms with E-state index in [2.05, 4.69) is 5.10 Å². The van der Waals surface area contributed by atoms with Crippen molar-refractivity contribution in [3.63, 3.8) is 0 Å². The maximum atomic E-state index is 6.18. The number of rotatable bonds is 5. The Morgan fingerprint density at radius 2 is 1.95 bits per heavy atom. The lowest BCUT2D eigenvalue weighted by atomic mass is 10.1. The zero-order valence-electron chi connectivity index (χ0n) is 11.4. The molecule has 0 saturated heterocycles. The Balaban J connectivity index is 1.92. The summed E-state index contributed by atoms with van der Waals surface area (Å²) in [6, 6.07) is 7.05. The molecule has 2 aromatic rings. The topological polar surface area (TPSA) is 53.1 Å². The summed E-state index contributed by atoms with van der Waals surface area (Å²) in [7, 11) is 1.81. The van der Waals surface area contributed by atoms with Gasteiger partial charge in [-0.15, -0.1) is 0 Å². The minimum atomic E-state index is -0.147. The molecule has 6 heteroatoms. The van der Waals surface area contributed by atoms with E-state index in [4.69, 9.17) is 33.7 Å². The molecule has 1 aromatic heterocycles. The summed E-state index contributed by atoms with van der Waals surface area (Å²) in [6.45, 7) is 2.33. The highest BCUT2D eigenvalue weighted by Crippen LogP contribution is 2.20. The lowest BCUT2D eigenvalue weighted by molar-refractivity contribution is 0.287. The third kappa shape index (κ3) is 3.66. The number of nitrogens with zero attached hydrogens (tertiary/aromatic N) is 2. The molecule has 0 saturated carbocycles. The maximum Gasteiger partial charge on any atom is 0.130 e. The summed E-state index contributed by atoms with van der Waals surface area (Å²) >= 11 is 12.0. The smallest absolute Gasteiger partial charge is 0.130 e. The summed E-state index contributed by atoms with van der Waals surface area (Å²) in [5, 5.41) is 5.57. The molecule has 0 bridgehead atoms. The van der Waals surface area contributed by atoms with Crippen LogP contribution in [0.2, 0.25) is 10.2 Å². The van der Waals surface area contributed by atoms with Crippen LogP contribution in [0, 0.1) is 6.92 Å². The van der Waals surface area contributed by atoms with Gasteiger partial charge in [-0.2, -0.15) is 5.10 Å². The quantitative estimate of drug-likeness (QED) is 0.923. The number of hydrogen-bond donors (Lipinski definition) is 1. The van der Waals surface area contributed by atoms with Crippen LogP contribution in [-0.2, 0) is 13.5 Å². The zero-order valence-corrected chi connectivity index (χ0v) is 12.9. The summed E-state index contributed by atoms with van der Waals surface area (Å²) in [4.78, 5) is 0. The zero-order chi connectivity index (χ0) is 14.7. The van der Waals surface area contributed by atoms with Crippen LogP contribution in [0.3, 0.4) is 0 Å². The molecule has 0 fully saturated rings. The second-order valence-corrected chi connectivity index (χ2v) is 5.50. The van der Waals surface area contributed by atoms with Crippen LogP contribution in [0.5, 0.6) is 5.75 Å². The van der Waals surface area contributed by atoms with Crippen molar-refractivity contribution in [3.8, 4) is 5.75 Å². The Bertz CT molecular complexity index is 581. The Kier molecular flexibility index (Phi) is 4.91. The number of hydrogen-bond acceptors (Lipinski definition) is 3. The van der Waals surface area contributed by atoms with Gasteiger partial charge in [0.05, 0.1) is 5.69 Å². The molecule has 0 spiro atoms. The summed E-state index contributed by atoms with van der Waals surface area (Å²) in [5.41, 5.74) is 7.96. The Morgan fingerprint density at radius 1 is 1.30 bits per heavy atom. The van der Waals surface area contributed by atoms with Gasteiger partial charge < -0.3 is 10.5 Å². The molecule has 0 amide bonds. The highest BCUT2D eigenvalue weighted by molar-refractivity contribution is 6.30. The number of ether oxygens (including phenoxy) is 1. The lowest BCUT2D eigenvalue weighted by Crippen LogP contribution is -2.30. The fraction of sp³-hybridized carbons (Fsp3) is 0.357. The average Bonchev–Trinajstić information content (AvgIpc) is 2.65. The number of benzene rings is 1. The van der Waals surface area contributed by atoms with Crippen LogP contribution in [0.1, 0.15) is 11.3 Å². The molecule has 2 N–H and O–H groups in total. The van der Waals surface area contributed by atoms with Crippen LogP contribution in [-0.4, -0.2) is 22.4 Å². The van der Waals surface area contributed by atoms with Crippen molar-refractivity contribution in [1.29, 1.82) is 0 Å². The number of aromatic nitrogens is 2. The summed E-state index contributed by atoms with van der Waals surface area (Å²) in [6.07, 6.45) is 0.631. The first kappa shape index (κ1) is 15.2. The molecule has 0 aliphatic heterocycles. The van der Waals surface area contributed by atoms with E-state index in [1.54, 1.807) is 16.8 Å². The second-order valence-electron chi connectivity index (χ2n) is 4.71. The van der Waals surface area contributed by atoms with Gasteiger partial charge in [0.1, 0.15) is 17.5 Å². The van der Waals surface area contributed by atoms with E-state index in [0.717, 1.165) is 17.0 Å². The first-order valence-corrected chi connectivity index (χ1v) is 7.05. The van der Waals surface area contributed by atoms with Crippen LogP contribution in [0.4, 0.5) is 0 Å². The second kappa shape index (κ2) is 6.48. The van der Waals surface area contributed by atoms with Crippen LogP contribution < -0.4 is 10.5 Å². The molecule has 4 nitrogen and oxygen atoms in total. The van der Waals surface area contributed by atoms with Gasteiger partial charge in [0.2, 0.25) is 0 Å². The Labute approximate surface area is 128 Å². The molecule has 1 unspecified atom stereocenters. The molecule has 0 aliphatic rings. The van der Waals surface area contributed by atoms with Gasteiger partial charge in [0.25, 0.3) is 0 Å². The minimum Gasteiger partial charge on any atom is -0.492 e. The first-order valence-electron chi connectivity index (χ1n) is 6.29. The van der Waals surface area contributed by atoms with E-state index in [9.17, 15) is 0 Å². The van der Waals surface area contributed by atoms with Gasteiger partial charge in [-0.1, -0.05) is 23.2 Å². The summed E-state index contributed by atoms with van der Waals surface area (Å²) < 4.78 is 7.28. The van der Waals surface area contributed by atoms with E-state index in [-0.39, 0.29) is 6.04 Å². The first-order chi connectivity index (χ1) is 9.47. The standard InChI is InChI=1S/C14H17Cl2N3O/c1-9-13(14(16)19(2)18-9)7-11(17)8-20-12-5-3-10(15)4-6-12/h3-6,11H,7-8,17H2,1-2H3. The van der Waals surface area contributed by atoms with Crippen molar-refractivity contribution in [1.82, 2.24) is 9.78 Å². The summed E-state index contributed by atoms with van der Waals surface area (Å²) in [5.74, 6) is 0.749. The van der Waals surface area contributed by atoms with E-state index >= 15 is 0 Å². The van der Waals surface area contributed by atoms with Gasteiger partial charge in [-0.05, 0) is 37.6 Å². The van der Waals surface area contributed by atoms with Crippen molar-refractivity contribution in [2.75, 3.05) is 6.61 Å². The largest absolute Gasteiger partial charge is 0.492 e. The number of nitrogens with two attached hydrogens (primary N) is 1. The predicted octanol–water partition coefficient (Wildman–Crippen LogP) is 2.98. The minimum absolute atomic E-state index is 0.147. The Morgan fingerprint density at radius 3 is 2.50 bits per heavy atom. The fourth-order valence-corrected chi connectivity index (χ4v) is 2.34. The fourth-order valence-electron chi connectivity index (χ4n) is 1.96. The molecule has 108 valence electrons. The molecule has 1 heterocycles. The Hall–Kier alpha value is -1.23. The molecule has 0 aliphatic carbocycles. The van der Waals surface area contributed by atoms with Gasteiger partial charge in [-0.25, -0.2) is 0 Å². The SMILES string of the molecule is Cc1nn(C)c(Cl)c1CC(N)COc1ccc(Cl)cc1. The molecular formula is C14H17Cl2N3O. The van der Waals surface area contributed by atoms with Crippen LogP contribution >= 0.6 is 23.2 Å². The van der Waals surface area contributed by atoms with Gasteiger partial charge in [-0.3, -0.25) is 4.68 Å². The average molecular weight is 314 g/mol. The van der Waals surface area contributed by atoms with Gasteiger partial charge in [0, 0.05) is 23.7 Å². The van der Waals surface area contributed by atoms with Crippen molar-refractivity contribution in [3.05, 3.63) is 45.7 Å². The van der Waals surface area contributed by atoms with Crippen molar-refractivity contribution >= 4 is 23.2 Å². The molecular weight excluding hydrogens is 297 g/mol. The molecule has 0 radical (unpaired) electrons.